The number of carbonyl (C=O) groups excluding carboxylic acids is 2. The number of hydrogen-bond acceptors (Lipinski definition) is 4. The molecule has 0 heterocycles. The van der Waals surface area contributed by atoms with E-state index in [-0.39, 0.29) is 23.8 Å². The third kappa shape index (κ3) is 8.63. The third-order valence-corrected chi connectivity index (χ3v) is 9.67. The first-order valence-electron chi connectivity index (χ1n) is 15.5. The topological polar surface area (TPSA) is 86.8 Å². The standard InChI is InChI=1S/C38H45N3O4S/c1-27-18-21-33(22-19-27)46(44,45)41(34-23-28(2)17-20-30(34)4)26-36(42)40(25-32-16-12-11-13-29(32)3)35(37(43)39-38(5,6)7)24-31-14-9-8-10-15-31/h8-23,35H,24-26H2,1-7H3,(H,39,43)/t35-/m1/s1. The molecule has 8 heteroatoms. The van der Waals surface area contributed by atoms with Crippen molar-refractivity contribution in [2.75, 3.05) is 10.8 Å². The zero-order valence-electron chi connectivity index (χ0n) is 27.9. The largest absolute Gasteiger partial charge is 0.350 e. The fourth-order valence-electron chi connectivity index (χ4n) is 5.32. The van der Waals surface area contributed by atoms with Gasteiger partial charge in [0.05, 0.1) is 10.6 Å². The summed E-state index contributed by atoms with van der Waals surface area (Å²) in [5.74, 6) is -0.789. The van der Waals surface area contributed by atoms with Crippen molar-refractivity contribution in [3.63, 3.8) is 0 Å². The maximum absolute atomic E-state index is 14.7. The van der Waals surface area contributed by atoms with Crippen LogP contribution in [0.3, 0.4) is 0 Å². The van der Waals surface area contributed by atoms with Crippen molar-refractivity contribution in [2.45, 2.75) is 77.9 Å². The number of amides is 2. The van der Waals surface area contributed by atoms with Crippen molar-refractivity contribution < 1.29 is 18.0 Å². The maximum Gasteiger partial charge on any atom is 0.264 e. The zero-order chi connectivity index (χ0) is 33.6. The molecule has 0 saturated carbocycles. The van der Waals surface area contributed by atoms with Crippen LogP contribution in [-0.4, -0.2) is 43.3 Å². The van der Waals surface area contributed by atoms with Crippen LogP contribution in [0.1, 0.15) is 54.2 Å². The Morgan fingerprint density at radius 3 is 2.00 bits per heavy atom. The monoisotopic (exact) mass is 639 g/mol. The van der Waals surface area contributed by atoms with Gasteiger partial charge >= 0.3 is 0 Å². The van der Waals surface area contributed by atoms with E-state index < -0.39 is 34.1 Å². The molecule has 4 aromatic rings. The van der Waals surface area contributed by atoms with Gasteiger partial charge < -0.3 is 10.2 Å². The number of carbonyl (C=O) groups is 2. The minimum atomic E-state index is -4.17. The number of aryl methyl sites for hydroxylation is 4. The van der Waals surface area contributed by atoms with Crippen molar-refractivity contribution in [3.8, 4) is 0 Å². The fraction of sp³-hybridized carbons (Fsp3) is 0.316. The highest BCUT2D eigenvalue weighted by Crippen LogP contribution is 2.29. The van der Waals surface area contributed by atoms with E-state index in [4.69, 9.17) is 0 Å². The summed E-state index contributed by atoms with van der Waals surface area (Å²) < 4.78 is 29.9. The van der Waals surface area contributed by atoms with Crippen molar-refractivity contribution in [3.05, 3.63) is 130 Å². The maximum atomic E-state index is 14.7. The first-order chi connectivity index (χ1) is 21.7. The Kier molecular flexibility index (Phi) is 10.7. The molecule has 1 N–H and O–H groups in total. The smallest absolute Gasteiger partial charge is 0.264 e. The lowest BCUT2D eigenvalue weighted by molar-refractivity contribution is -0.140. The molecule has 0 unspecified atom stereocenters. The first kappa shape index (κ1) is 34.4. The van der Waals surface area contributed by atoms with E-state index in [0.717, 1.165) is 27.8 Å². The average Bonchev–Trinajstić information content (AvgIpc) is 2.99. The predicted octanol–water partition coefficient (Wildman–Crippen LogP) is 6.67. The second-order valence-corrected chi connectivity index (χ2v) is 14.9. The lowest BCUT2D eigenvalue weighted by atomic mass is 10.00. The number of nitrogens with zero attached hydrogens (tertiary/aromatic N) is 2. The van der Waals surface area contributed by atoms with Gasteiger partial charge in [0.2, 0.25) is 11.8 Å². The molecule has 0 aromatic heterocycles. The minimum absolute atomic E-state index is 0.0866. The molecule has 0 saturated heterocycles. The SMILES string of the molecule is Cc1ccc(S(=O)(=O)N(CC(=O)N(Cc2ccccc2C)[C@H](Cc2ccccc2)C(=O)NC(C)(C)C)c2cc(C)ccc2C)cc1. The lowest BCUT2D eigenvalue weighted by Crippen LogP contribution is -2.56. The molecule has 2 amide bonds. The molecule has 4 aromatic carbocycles. The first-order valence-corrected chi connectivity index (χ1v) is 17.0. The molecule has 0 aliphatic carbocycles. The van der Waals surface area contributed by atoms with Gasteiger partial charge in [-0.15, -0.1) is 0 Å². The third-order valence-electron chi connectivity index (χ3n) is 7.89. The molecule has 7 nitrogen and oxygen atoms in total. The van der Waals surface area contributed by atoms with Crippen LogP contribution >= 0.6 is 0 Å². The summed E-state index contributed by atoms with van der Waals surface area (Å²) in [6.45, 7) is 12.9. The Bertz CT molecular complexity index is 1780. The molecule has 0 aliphatic heterocycles. The molecule has 0 spiro atoms. The summed E-state index contributed by atoms with van der Waals surface area (Å²) >= 11 is 0. The summed E-state index contributed by atoms with van der Waals surface area (Å²) in [6.07, 6.45) is 0.258. The zero-order valence-corrected chi connectivity index (χ0v) is 28.7. The molecule has 1 atom stereocenters. The van der Waals surface area contributed by atoms with Crippen LogP contribution in [0.15, 0.2) is 102 Å². The summed E-state index contributed by atoms with van der Waals surface area (Å²) in [5, 5.41) is 3.07. The molecular formula is C38H45N3O4S. The van der Waals surface area contributed by atoms with Crippen LogP contribution in [0.4, 0.5) is 5.69 Å². The van der Waals surface area contributed by atoms with E-state index in [9.17, 15) is 18.0 Å². The van der Waals surface area contributed by atoms with Crippen LogP contribution in [0.2, 0.25) is 0 Å². The second-order valence-electron chi connectivity index (χ2n) is 13.0. The van der Waals surface area contributed by atoms with E-state index in [2.05, 4.69) is 5.32 Å². The molecule has 0 aliphatic rings. The Labute approximate surface area is 274 Å². The Morgan fingerprint density at radius 2 is 1.37 bits per heavy atom. The van der Waals surface area contributed by atoms with E-state index in [1.165, 1.54) is 4.31 Å². The lowest BCUT2D eigenvalue weighted by Gasteiger charge is -2.36. The fourth-order valence-corrected chi connectivity index (χ4v) is 6.79. The van der Waals surface area contributed by atoms with E-state index >= 15 is 0 Å². The molecule has 4 rings (SSSR count). The van der Waals surface area contributed by atoms with Gasteiger partial charge in [-0.05, 0) is 94.5 Å². The van der Waals surface area contributed by atoms with E-state index in [0.29, 0.717) is 11.3 Å². The van der Waals surface area contributed by atoms with Crippen molar-refractivity contribution in [1.29, 1.82) is 0 Å². The Hall–Kier alpha value is -4.43. The minimum Gasteiger partial charge on any atom is -0.350 e. The average molecular weight is 640 g/mol. The Balaban J connectivity index is 1.86. The highest BCUT2D eigenvalue weighted by Gasteiger charge is 2.36. The van der Waals surface area contributed by atoms with Crippen LogP contribution < -0.4 is 9.62 Å². The van der Waals surface area contributed by atoms with Gasteiger partial charge in [-0.25, -0.2) is 8.42 Å². The van der Waals surface area contributed by atoms with Gasteiger partial charge in [-0.2, -0.15) is 0 Å². The Morgan fingerprint density at radius 1 is 0.761 bits per heavy atom. The molecule has 46 heavy (non-hydrogen) atoms. The number of sulfonamides is 1. The van der Waals surface area contributed by atoms with Crippen molar-refractivity contribution >= 4 is 27.5 Å². The van der Waals surface area contributed by atoms with Crippen molar-refractivity contribution in [2.24, 2.45) is 0 Å². The highest BCUT2D eigenvalue weighted by molar-refractivity contribution is 7.92. The quantitative estimate of drug-likeness (QED) is 0.199. The van der Waals surface area contributed by atoms with E-state index in [1.807, 2.05) is 115 Å². The van der Waals surface area contributed by atoms with Gasteiger partial charge in [0, 0.05) is 18.5 Å². The van der Waals surface area contributed by atoms with Crippen molar-refractivity contribution in [1.82, 2.24) is 10.2 Å². The number of anilines is 1. The van der Waals surface area contributed by atoms with Gasteiger partial charge in [0.15, 0.2) is 0 Å². The number of rotatable bonds is 11. The highest BCUT2D eigenvalue weighted by atomic mass is 32.2. The summed E-state index contributed by atoms with van der Waals surface area (Å²) in [4.78, 5) is 30.4. The van der Waals surface area contributed by atoms with Gasteiger partial charge in [0.1, 0.15) is 12.6 Å². The van der Waals surface area contributed by atoms with Gasteiger partial charge in [-0.3, -0.25) is 13.9 Å². The molecule has 242 valence electrons. The normalized spacial score (nSPS) is 12.3. The summed E-state index contributed by atoms with van der Waals surface area (Å²) in [5.41, 5.74) is 5.09. The van der Waals surface area contributed by atoms with Crippen LogP contribution in [-0.2, 0) is 32.6 Å². The second kappa shape index (κ2) is 14.3. The molecule has 0 bridgehead atoms. The van der Waals surface area contributed by atoms with Gasteiger partial charge in [-0.1, -0.05) is 84.4 Å². The summed E-state index contributed by atoms with van der Waals surface area (Å²) in [6, 6.07) is 28.5. The number of hydrogen-bond donors (Lipinski definition) is 1. The number of benzene rings is 4. The van der Waals surface area contributed by atoms with Crippen LogP contribution in [0, 0.1) is 27.7 Å². The van der Waals surface area contributed by atoms with E-state index in [1.54, 1.807) is 35.2 Å². The number of nitrogens with one attached hydrogen (secondary N) is 1. The summed E-state index contributed by atoms with van der Waals surface area (Å²) in [7, 11) is -4.17. The molecule has 0 radical (unpaired) electrons. The van der Waals surface area contributed by atoms with Crippen LogP contribution in [0.5, 0.6) is 0 Å². The molecular weight excluding hydrogens is 595 g/mol. The predicted molar refractivity (Wildman–Crippen MR) is 185 cm³/mol. The van der Waals surface area contributed by atoms with Crippen LogP contribution in [0.25, 0.3) is 0 Å². The van der Waals surface area contributed by atoms with Gasteiger partial charge in [0.25, 0.3) is 10.0 Å². The molecule has 0 fully saturated rings.